The zero-order chi connectivity index (χ0) is 19.6. The van der Waals surface area contributed by atoms with Crippen molar-refractivity contribution in [2.24, 2.45) is 5.92 Å². The zero-order valence-electron chi connectivity index (χ0n) is 16.3. The number of hydrogen-bond donors (Lipinski definition) is 1. The minimum atomic E-state index is -0.150. The number of nitrogens with one attached hydrogen (secondary N) is 1. The fourth-order valence-electron chi connectivity index (χ4n) is 3.26. The monoisotopic (exact) mass is 370 g/mol. The Morgan fingerprint density at radius 2 is 2.04 bits per heavy atom. The number of methoxy groups -OCH3 is 1. The summed E-state index contributed by atoms with van der Waals surface area (Å²) in [5.74, 6) is 0.760. The lowest BCUT2D eigenvalue weighted by atomic mass is 10.1. The van der Waals surface area contributed by atoms with Gasteiger partial charge in [0.05, 0.1) is 38.1 Å². The van der Waals surface area contributed by atoms with Crippen LogP contribution in [0.4, 0.5) is 0 Å². The van der Waals surface area contributed by atoms with E-state index in [4.69, 9.17) is 4.74 Å². The maximum atomic E-state index is 12.4. The number of nitrogens with zero attached hydrogens (tertiary/aromatic N) is 3. The van der Waals surface area contributed by atoms with Gasteiger partial charge in [0.1, 0.15) is 5.75 Å². The van der Waals surface area contributed by atoms with Gasteiger partial charge in [-0.05, 0) is 36.8 Å². The largest absolute Gasteiger partial charge is 0.496 e. The summed E-state index contributed by atoms with van der Waals surface area (Å²) in [6.45, 7) is 8.00. The predicted molar refractivity (Wildman–Crippen MR) is 101 cm³/mol. The average Bonchev–Trinajstić information content (AvgIpc) is 3.07. The number of benzene rings is 1. The lowest BCUT2D eigenvalue weighted by molar-refractivity contribution is -0.136. The fourth-order valence-corrected chi connectivity index (χ4v) is 3.26. The highest BCUT2D eigenvalue weighted by Crippen LogP contribution is 2.19. The Labute approximate surface area is 159 Å². The van der Waals surface area contributed by atoms with Crippen LogP contribution < -0.4 is 10.1 Å². The topological polar surface area (TPSA) is 76.5 Å². The van der Waals surface area contributed by atoms with Gasteiger partial charge in [-0.1, -0.05) is 13.8 Å². The SMILES string of the molecule is COc1ccc(C(=O)NCc2cc3n(n2)CCN(C(=O)C(C)C)C3)cc1C. The molecule has 2 aromatic rings. The molecule has 2 amide bonds. The molecule has 0 saturated heterocycles. The van der Waals surface area contributed by atoms with Crippen LogP contribution in [-0.2, 0) is 24.4 Å². The van der Waals surface area contributed by atoms with Crippen molar-refractivity contribution >= 4 is 11.8 Å². The molecular formula is C20H26N4O3. The van der Waals surface area contributed by atoms with Crippen LogP contribution in [-0.4, -0.2) is 40.1 Å². The van der Waals surface area contributed by atoms with E-state index < -0.39 is 0 Å². The van der Waals surface area contributed by atoms with Gasteiger partial charge >= 0.3 is 0 Å². The first-order chi connectivity index (χ1) is 12.9. The van der Waals surface area contributed by atoms with E-state index in [0.29, 0.717) is 31.7 Å². The molecule has 0 fully saturated rings. The van der Waals surface area contributed by atoms with Crippen LogP contribution in [0.25, 0.3) is 0 Å². The second-order valence-corrected chi connectivity index (χ2v) is 7.13. The molecule has 0 atom stereocenters. The summed E-state index contributed by atoms with van der Waals surface area (Å²) in [5, 5.41) is 7.45. The first-order valence-corrected chi connectivity index (χ1v) is 9.16. The smallest absolute Gasteiger partial charge is 0.251 e. The van der Waals surface area contributed by atoms with E-state index in [1.807, 2.05) is 42.5 Å². The van der Waals surface area contributed by atoms with Gasteiger partial charge < -0.3 is 15.0 Å². The summed E-state index contributed by atoms with van der Waals surface area (Å²) in [5.41, 5.74) is 3.30. The number of carbonyl (C=O) groups is 2. The average molecular weight is 370 g/mol. The lowest BCUT2D eigenvalue weighted by Gasteiger charge is -2.29. The van der Waals surface area contributed by atoms with Crippen molar-refractivity contribution in [2.75, 3.05) is 13.7 Å². The number of fused-ring (bicyclic) bond motifs is 1. The third-order valence-corrected chi connectivity index (χ3v) is 4.74. The molecule has 0 aliphatic carbocycles. The van der Waals surface area contributed by atoms with Gasteiger partial charge in [-0.15, -0.1) is 0 Å². The van der Waals surface area contributed by atoms with Crippen LogP contribution in [0, 0.1) is 12.8 Å². The van der Waals surface area contributed by atoms with Crippen LogP contribution >= 0.6 is 0 Å². The minimum absolute atomic E-state index is 0.00816. The molecule has 27 heavy (non-hydrogen) atoms. The van der Waals surface area contributed by atoms with Gasteiger partial charge in [0.2, 0.25) is 5.91 Å². The summed E-state index contributed by atoms with van der Waals surface area (Å²) in [4.78, 5) is 26.4. The van der Waals surface area contributed by atoms with Gasteiger partial charge in [0.25, 0.3) is 5.91 Å². The second-order valence-electron chi connectivity index (χ2n) is 7.13. The lowest BCUT2D eigenvalue weighted by Crippen LogP contribution is -2.40. The normalized spacial score (nSPS) is 13.4. The number of rotatable bonds is 5. The molecule has 1 aromatic carbocycles. The van der Waals surface area contributed by atoms with Gasteiger partial charge in [0.15, 0.2) is 0 Å². The summed E-state index contributed by atoms with van der Waals surface area (Å²) >= 11 is 0. The number of ether oxygens (including phenoxy) is 1. The molecule has 3 rings (SSSR count). The van der Waals surface area contributed by atoms with E-state index in [0.717, 1.165) is 22.7 Å². The number of aromatic nitrogens is 2. The Morgan fingerprint density at radius 3 is 2.70 bits per heavy atom. The molecule has 1 aromatic heterocycles. The van der Waals surface area contributed by atoms with Crippen molar-refractivity contribution in [3.63, 3.8) is 0 Å². The maximum Gasteiger partial charge on any atom is 0.251 e. The van der Waals surface area contributed by atoms with E-state index in [9.17, 15) is 9.59 Å². The fraction of sp³-hybridized carbons (Fsp3) is 0.450. The number of hydrogen-bond acceptors (Lipinski definition) is 4. The molecule has 7 heteroatoms. The molecule has 0 saturated carbocycles. The quantitative estimate of drug-likeness (QED) is 0.875. The van der Waals surface area contributed by atoms with Crippen molar-refractivity contribution in [3.8, 4) is 5.75 Å². The first kappa shape index (κ1) is 18.9. The maximum absolute atomic E-state index is 12.4. The van der Waals surface area contributed by atoms with Crippen LogP contribution in [0.1, 0.15) is 41.2 Å². The third-order valence-electron chi connectivity index (χ3n) is 4.74. The van der Waals surface area contributed by atoms with Crippen LogP contribution in [0.2, 0.25) is 0 Å². The van der Waals surface area contributed by atoms with Gasteiger partial charge in [-0.25, -0.2) is 0 Å². The van der Waals surface area contributed by atoms with Crippen LogP contribution in [0.15, 0.2) is 24.3 Å². The third kappa shape index (κ3) is 4.13. The molecule has 1 aliphatic rings. The molecule has 7 nitrogen and oxygen atoms in total. The Balaban J connectivity index is 1.62. The Morgan fingerprint density at radius 1 is 1.26 bits per heavy atom. The summed E-state index contributed by atoms with van der Waals surface area (Å²) in [6.07, 6.45) is 0. The molecule has 2 heterocycles. The Hall–Kier alpha value is -2.83. The molecule has 0 spiro atoms. The van der Waals surface area contributed by atoms with Crippen molar-refractivity contribution in [2.45, 2.75) is 40.4 Å². The number of aryl methyl sites for hydroxylation is 1. The van der Waals surface area contributed by atoms with E-state index in [2.05, 4.69) is 10.4 Å². The van der Waals surface area contributed by atoms with Crippen molar-refractivity contribution in [3.05, 3.63) is 46.8 Å². The molecule has 1 aliphatic heterocycles. The molecule has 0 radical (unpaired) electrons. The molecule has 144 valence electrons. The number of carbonyl (C=O) groups excluding carboxylic acids is 2. The van der Waals surface area contributed by atoms with Gasteiger partial charge in [0, 0.05) is 18.0 Å². The van der Waals surface area contributed by atoms with Crippen molar-refractivity contribution in [1.82, 2.24) is 20.0 Å². The highest BCUT2D eigenvalue weighted by molar-refractivity contribution is 5.94. The zero-order valence-corrected chi connectivity index (χ0v) is 16.3. The van der Waals surface area contributed by atoms with Crippen molar-refractivity contribution in [1.29, 1.82) is 0 Å². The highest BCUT2D eigenvalue weighted by Gasteiger charge is 2.24. The van der Waals surface area contributed by atoms with Gasteiger partial charge in [-0.3, -0.25) is 14.3 Å². The Kier molecular flexibility index (Phi) is 5.48. The summed E-state index contributed by atoms with van der Waals surface area (Å²) in [6, 6.07) is 7.30. The van der Waals surface area contributed by atoms with E-state index in [-0.39, 0.29) is 17.7 Å². The molecule has 1 N–H and O–H groups in total. The second kappa shape index (κ2) is 7.82. The van der Waals surface area contributed by atoms with Crippen LogP contribution in [0.5, 0.6) is 5.75 Å². The first-order valence-electron chi connectivity index (χ1n) is 9.16. The van der Waals surface area contributed by atoms with E-state index >= 15 is 0 Å². The predicted octanol–water partition coefficient (Wildman–Crippen LogP) is 2.13. The number of amides is 2. The Bertz CT molecular complexity index is 857. The summed E-state index contributed by atoms with van der Waals surface area (Å²) < 4.78 is 7.14. The van der Waals surface area contributed by atoms with E-state index in [1.54, 1.807) is 19.2 Å². The highest BCUT2D eigenvalue weighted by atomic mass is 16.5. The van der Waals surface area contributed by atoms with Crippen molar-refractivity contribution < 1.29 is 14.3 Å². The molecular weight excluding hydrogens is 344 g/mol. The van der Waals surface area contributed by atoms with E-state index in [1.165, 1.54) is 0 Å². The van der Waals surface area contributed by atoms with Crippen LogP contribution in [0.3, 0.4) is 0 Å². The molecule has 0 bridgehead atoms. The van der Waals surface area contributed by atoms with Gasteiger partial charge in [-0.2, -0.15) is 5.10 Å². The standard InChI is InChI=1S/C20H26N4O3/c1-13(2)20(26)23-7-8-24-17(12-23)10-16(22-24)11-21-19(25)15-5-6-18(27-4)14(3)9-15/h5-6,9-10,13H,7-8,11-12H2,1-4H3,(H,21,25). The molecule has 0 unspecified atom stereocenters. The minimum Gasteiger partial charge on any atom is -0.496 e. The summed E-state index contributed by atoms with van der Waals surface area (Å²) in [7, 11) is 1.61.